The summed E-state index contributed by atoms with van der Waals surface area (Å²) in [4.78, 5) is 23.0. The van der Waals surface area contributed by atoms with Gasteiger partial charge >= 0.3 is 0 Å². The average Bonchev–Trinajstić information content (AvgIpc) is 2.53. The SMILES string of the molecule is NCC1CCCCN1C(=O)c1ccc2nccnc2c1. The van der Waals surface area contributed by atoms with Crippen molar-refractivity contribution in [2.45, 2.75) is 25.3 Å². The molecule has 3 rings (SSSR count). The molecule has 2 aromatic rings. The Morgan fingerprint density at radius 2 is 2.05 bits per heavy atom. The van der Waals surface area contributed by atoms with E-state index in [2.05, 4.69) is 9.97 Å². The molecule has 1 aliphatic heterocycles. The Balaban J connectivity index is 1.91. The molecule has 20 heavy (non-hydrogen) atoms. The first-order chi connectivity index (χ1) is 9.79. The van der Waals surface area contributed by atoms with Gasteiger partial charge in [0.05, 0.1) is 11.0 Å². The van der Waals surface area contributed by atoms with Crippen LogP contribution in [-0.2, 0) is 0 Å². The summed E-state index contributed by atoms with van der Waals surface area (Å²) >= 11 is 0. The maximum absolute atomic E-state index is 12.6. The summed E-state index contributed by atoms with van der Waals surface area (Å²) in [5.74, 6) is 0.0488. The molecule has 1 saturated heterocycles. The lowest BCUT2D eigenvalue weighted by Crippen LogP contribution is -2.47. The Bertz CT molecular complexity index is 628. The van der Waals surface area contributed by atoms with E-state index in [1.54, 1.807) is 12.4 Å². The topological polar surface area (TPSA) is 72.1 Å². The van der Waals surface area contributed by atoms with Crippen LogP contribution < -0.4 is 5.73 Å². The van der Waals surface area contributed by atoms with Gasteiger partial charge in [-0.2, -0.15) is 0 Å². The van der Waals surface area contributed by atoms with E-state index in [1.165, 1.54) is 0 Å². The van der Waals surface area contributed by atoms with E-state index in [0.717, 1.165) is 36.8 Å². The van der Waals surface area contributed by atoms with Gasteiger partial charge in [-0.1, -0.05) is 0 Å². The molecule has 0 saturated carbocycles. The highest BCUT2D eigenvalue weighted by molar-refractivity contribution is 5.97. The van der Waals surface area contributed by atoms with Gasteiger partial charge in [0.1, 0.15) is 0 Å². The van der Waals surface area contributed by atoms with Crippen molar-refractivity contribution >= 4 is 16.9 Å². The molecule has 1 unspecified atom stereocenters. The van der Waals surface area contributed by atoms with Crippen molar-refractivity contribution in [1.82, 2.24) is 14.9 Å². The molecule has 0 spiro atoms. The van der Waals surface area contributed by atoms with Crippen molar-refractivity contribution in [2.75, 3.05) is 13.1 Å². The molecule has 104 valence electrons. The van der Waals surface area contributed by atoms with Crippen LogP contribution in [0.15, 0.2) is 30.6 Å². The maximum Gasteiger partial charge on any atom is 0.254 e. The second-order valence-corrected chi connectivity index (χ2v) is 5.14. The Morgan fingerprint density at radius 3 is 2.85 bits per heavy atom. The molecule has 1 amide bonds. The van der Waals surface area contributed by atoms with Crippen LogP contribution in [0.3, 0.4) is 0 Å². The summed E-state index contributed by atoms with van der Waals surface area (Å²) in [6, 6.07) is 5.64. The molecular formula is C15H18N4O. The lowest BCUT2D eigenvalue weighted by Gasteiger charge is -2.35. The zero-order valence-electron chi connectivity index (χ0n) is 11.3. The molecular weight excluding hydrogens is 252 g/mol. The van der Waals surface area contributed by atoms with Crippen LogP contribution >= 0.6 is 0 Å². The molecule has 1 aromatic heterocycles. The fourth-order valence-electron chi connectivity index (χ4n) is 2.78. The number of carbonyl (C=O) groups is 1. The minimum absolute atomic E-state index is 0.0488. The van der Waals surface area contributed by atoms with Crippen molar-refractivity contribution in [2.24, 2.45) is 5.73 Å². The molecule has 2 N–H and O–H groups in total. The van der Waals surface area contributed by atoms with Crippen LogP contribution in [0.25, 0.3) is 11.0 Å². The number of fused-ring (bicyclic) bond motifs is 1. The van der Waals surface area contributed by atoms with E-state index >= 15 is 0 Å². The van der Waals surface area contributed by atoms with Gasteiger partial charge in [-0.25, -0.2) is 0 Å². The number of hydrogen-bond acceptors (Lipinski definition) is 4. The van der Waals surface area contributed by atoms with E-state index in [4.69, 9.17) is 5.73 Å². The second-order valence-electron chi connectivity index (χ2n) is 5.14. The third kappa shape index (κ3) is 2.36. The van der Waals surface area contributed by atoms with Gasteiger partial charge in [-0.05, 0) is 37.5 Å². The van der Waals surface area contributed by atoms with Crippen molar-refractivity contribution in [3.05, 3.63) is 36.2 Å². The number of amides is 1. The number of hydrogen-bond donors (Lipinski definition) is 1. The average molecular weight is 270 g/mol. The number of aromatic nitrogens is 2. The lowest BCUT2D eigenvalue weighted by molar-refractivity contribution is 0.0623. The number of nitrogens with zero attached hydrogens (tertiary/aromatic N) is 3. The van der Waals surface area contributed by atoms with E-state index in [-0.39, 0.29) is 11.9 Å². The number of likely N-dealkylation sites (tertiary alicyclic amines) is 1. The smallest absolute Gasteiger partial charge is 0.254 e. The first-order valence-electron chi connectivity index (χ1n) is 7.01. The zero-order chi connectivity index (χ0) is 13.9. The van der Waals surface area contributed by atoms with E-state index in [0.29, 0.717) is 12.1 Å². The van der Waals surface area contributed by atoms with Gasteiger partial charge in [0, 0.05) is 37.1 Å². The Kier molecular flexibility index (Phi) is 3.60. The normalized spacial score (nSPS) is 19.2. The number of rotatable bonds is 2. The minimum Gasteiger partial charge on any atom is -0.334 e. The van der Waals surface area contributed by atoms with Crippen molar-refractivity contribution in [1.29, 1.82) is 0 Å². The molecule has 1 aromatic carbocycles. The van der Waals surface area contributed by atoms with Crippen LogP contribution in [0.4, 0.5) is 0 Å². The predicted molar refractivity (Wildman–Crippen MR) is 77.3 cm³/mol. The molecule has 5 nitrogen and oxygen atoms in total. The lowest BCUT2D eigenvalue weighted by atomic mass is 10.0. The van der Waals surface area contributed by atoms with Gasteiger partial charge < -0.3 is 10.6 Å². The maximum atomic E-state index is 12.6. The van der Waals surface area contributed by atoms with Crippen LogP contribution in [0.2, 0.25) is 0 Å². The third-order valence-corrected chi connectivity index (χ3v) is 3.88. The number of carbonyl (C=O) groups excluding carboxylic acids is 1. The molecule has 1 fully saturated rings. The monoisotopic (exact) mass is 270 g/mol. The highest BCUT2D eigenvalue weighted by atomic mass is 16.2. The summed E-state index contributed by atoms with van der Waals surface area (Å²) in [5, 5.41) is 0. The minimum atomic E-state index is 0.0488. The van der Waals surface area contributed by atoms with E-state index in [9.17, 15) is 4.79 Å². The van der Waals surface area contributed by atoms with Crippen molar-refractivity contribution < 1.29 is 4.79 Å². The summed E-state index contributed by atoms with van der Waals surface area (Å²) < 4.78 is 0. The number of nitrogens with two attached hydrogens (primary N) is 1. The molecule has 0 bridgehead atoms. The summed E-state index contributed by atoms with van der Waals surface area (Å²) in [6.45, 7) is 1.32. The number of piperidine rings is 1. The number of benzene rings is 1. The highest BCUT2D eigenvalue weighted by Crippen LogP contribution is 2.20. The summed E-state index contributed by atoms with van der Waals surface area (Å²) in [6.07, 6.45) is 6.49. The molecule has 0 radical (unpaired) electrons. The molecule has 5 heteroatoms. The predicted octanol–water partition coefficient (Wildman–Crippen LogP) is 1.58. The Morgan fingerprint density at radius 1 is 1.25 bits per heavy atom. The van der Waals surface area contributed by atoms with Crippen molar-refractivity contribution in [3.63, 3.8) is 0 Å². The molecule has 1 atom stereocenters. The molecule has 1 aliphatic rings. The van der Waals surface area contributed by atoms with Gasteiger partial charge in [-0.3, -0.25) is 14.8 Å². The highest BCUT2D eigenvalue weighted by Gasteiger charge is 2.26. The summed E-state index contributed by atoms with van der Waals surface area (Å²) in [5.41, 5.74) is 8.00. The van der Waals surface area contributed by atoms with Gasteiger partial charge in [0.15, 0.2) is 0 Å². The van der Waals surface area contributed by atoms with Crippen LogP contribution in [0.5, 0.6) is 0 Å². The largest absolute Gasteiger partial charge is 0.334 e. The summed E-state index contributed by atoms with van der Waals surface area (Å²) in [7, 11) is 0. The van der Waals surface area contributed by atoms with Crippen LogP contribution in [0, 0.1) is 0 Å². The zero-order valence-corrected chi connectivity index (χ0v) is 11.3. The fourth-order valence-corrected chi connectivity index (χ4v) is 2.78. The molecule has 2 heterocycles. The van der Waals surface area contributed by atoms with Gasteiger partial charge in [0.2, 0.25) is 0 Å². The van der Waals surface area contributed by atoms with Gasteiger partial charge in [-0.15, -0.1) is 0 Å². The standard InChI is InChI=1S/C15H18N4O/c16-10-12-3-1-2-8-19(12)15(20)11-4-5-13-14(9-11)18-7-6-17-13/h4-7,9,12H,1-3,8,10,16H2. The fraction of sp³-hybridized carbons (Fsp3) is 0.400. The molecule has 0 aliphatic carbocycles. The first kappa shape index (κ1) is 13.0. The first-order valence-corrected chi connectivity index (χ1v) is 7.01. The van der Waals surface area contributed by atoms with Gasteiger partial charge in [0.25, 0.3) is 5.91 Å². The van der Waals surface area contributed by atoms with Crippen LogP contribution in [0.1, 0.15) is 29.6 Å². The quantitative estimate of drug-likeness (QED) is 0.899. The Labute approximate surface area is 117 Å². The van der Waals surface area contributed by atoms with Crippen LogP contribution in [-0.4, -0.2) is 39.9 Å². The van der Waals surface area contributed by atoms with Crippen molar-refractivity contribution in [3.8, 4) is 0 Å². The van der Waals surface area contributed by atoms with E-state index < -0.39 is 0 Å². The Hall–Kier alpha value is -2.01. The second kappa shape index (κ2) is 5.54. The third-order valence-electron chi connectivity index (χ3n) is 3.88. The van der Waals surface area contributed by atoms with E-state index in [1.807, 2.05) is 23.1 Å².